The molecule has 0 spiro atoms. The molecule has 0 aliphatic rings. The number of benzene rings is 2. The quantitative estimate of drug-likeness (QED) is 0.414. The van der Waals surface area contributed by atoms with E-state index in [9.17, 15) is 4.21 Å². The molecule has 2 aromatic carbocycles. The minimum Gasteiger partial charge on any atom is -0.237 e. The number of hydrogen-bond acceptors (Lipinski definition) is 1. The van der Waals surface area contributed by atoms with Crippen molar-refractivity contribution < 1.29 is 4.21 Å². The van der Waals surface area contributed by atoms with E-state index in [1.807, 2.05) is 48.5 Å². The number of nitrogens with one attached hydrogen (secondary N) is 1. The van der Waals surface area contributed by atoms with E-state index < -0.39 is 11.0 Å². The topological polar surface area (TPSA) is 29.1 Å². The monoisotopic (exact) mass is 355 g/mol. The molecule has 2 atom stereocenters. The Balaban J connectivity index is 2.09. The molecule has 2 rings (SSSR count). The summed E-state index contributed by atoms with van der Waals surface area (Å²) >= 11 is 0. The summed E-state index contributed by atoms with van der Waals surface area (Å²) in [7, 11) is -1.23. The van der Waals surface area contributed by atoms with Gasteiger partial charge in [0, 0.05) is 0 Å². The molecule has 0 unspecified atom stereocenters. The molecule has 134 valence electrons. The van der Waals surface area contributed by atoms with Crippen LogP contribution in [0.3, 0.4) is 0 Å². The third-order valence-electron chi connectivity index (χ3n) is 4.23. The molecule has 0 saturated heterocycles. The van der Waals surface area contributed by atoms with E-state index in [-0.39, 0.29) is 6.04 Å². The van der Waals surface area contributed by atoms with E-state index in [1.165, 1.54) is 31.3 Å². The lowest BCUT2D eigenvalue weighted by atomic mass is 10.0. The maximum atomic E-state index is 12.7. The van der Waals surface area contributed by atoms with Crippen LogP contribution in [0.5, 0.6) is 0 Å². The summed E-state index contributed by atoms with van der Waals surface area (Å²) < 4.78 is 16.0. The van der Waals surface area contributed by atoms with E-state index in [1.54, 1.807) is 0 Å². The second kappa shape index (κ2) is 11.0. The Labute approximate surface area is 155 Å². The molecule has 0 heterocycles. The first kappa shape index (κ1) is 19.6. The number of hydrogen-bond donors (Lipinski definition) is 1. The maximum absolute atomic E-state index is 12.7. The van der Waals surface area contributed by atoms with Crippen LogP contribution in [0.2, 0.25) is 0 Å². The molecule has 0 aliphatic heterocycles. The highest BCUT2D eigenvalue weighted by atomic mass is 32.2. The molecule has 1 N–H and O–H groups in total. The smallest absolute Gasteiger partial charge is 0.125 e. The largest absolute Gasteiger partial charge is 0.237 e. The fraction of sp³-hybridized carbons (Fsp3) is 0.364. The van der Waals surface area contributed by atoms with Gasteiger partial charge in [0.15, 0.2) is 0 Å². The van der Waals surface area contributed by atoms with Gasteiger partial charge >= 0.3 is 0 Å². The van der Waals surface area contributed by atoms with Gasteiger partial charge in [-0.2, -0.15) is 0 Å². The zero-order valence-corrected chi connectivity index (χ0v) is 16.1. The first-order valence-electron chi connectivity index (χ1n) is 9.16. The van der Waals surface area contributed by atoms with Gasteiger partial charge < -0.3 is 0 Å². The molecule has 0 fully saturated rings. The molecule has 0 bridgehead atoms. The number of allylic oxidation sites excluding steroid dienone is 1. The Hall–Kier alpha value is -1.71. The molecule has 0 aliphatic carbocycles. The van der Waals surface area contributed by atoms with Gasteiger partial charge in [-0.25, -0.2) is 8.93 Å². The van der Waals surface area contributed by atoms with E-state index in [2.05, 4.69) is 36.8 Å². The molecule has 2 nitrogen and oxygen atoms in total. The van der Waals surface area contributed by atoms with Gasteiger partial charge in [-0.15, -0.1) is 0 Å². The molecule has 25 heavy (non-hydrogen) atoms. The van der Waals surface area contributed by atoms with Crippen LogP contribution in [0.15, 0.2) is 77.2 Å². The van der Waals surface area contributed by atoms with Crippen molar-refractivity contribution >= 4 is 11.0 Å². The van der Waals surface area contributed by atoms with Crippen molar-refractivity contribution in [3.8, 4) is 0 Å². The second-order valence-electron chi connectivity index (χ2n) is 6.41. The molecule has 0 saturated carbocycles. The van der Waals surface area contributed by atoms with Crippen molar-refractivity contribution in [3.63, 3.8) is 0 Å². The third-order valence-corrected chi connectivity index (χ3v) is 5.39. The highest BCUT2D eigenvalue weighted by Crippen LogP contribution is 2.20. The van der Waals surface area contributed by atoms with Crippen LogP contribution in [0.25, 0.3) is 0 Å². The summed E-state index contributed by atoms with van der Waals surface area (Å²) in [6.07, 6.45) is 8.38. The summed E-state index contributed by atoms with van der Waals surface area (Å²) in [4.78, 5) is 0.803. The Kier molecular flexibility index (Phi) is 8.64. The van der Waals surface area contributed by atoms with Crippen molar-refractivity contribution in [2.75, 3.05) is 0 Å². The number of unbranched alkanes of at least 4 members (excludes halogenated alkanes) is 3. The average molecular weight is 356 g/mol. The molecule has 0 radical (unpaired) electrons. The summed E-state index contributed by atoms with van der Waals surface area (Å²) in [6, 6.07) is 19.8. The maximum Gasteiger partial charge on any atom is 0.125 e. The van der Waals surface area contributed by atoms with Crippen molar-refractivity contribution in [2.24, 2.45) is 0 Å². The first-order valence-corrected chi connectivity index (χ1v) is 10.3. The van der Waals surface area contributed by atoms with E-state index in [4.69, 9.17) is 0 Å². The van der Waals surface area contributed by atoms with Crippen molar-refractivity contribution in [3.05, 3.63) is 77.9 Å². The van der Waals surface area contributed by atoms with Gasteiger partial charge in [0.1, 0.15) is 11.0 Å². The van der Waals surface area contributed by atoms with E-state index in [0.717, 1.165) is 16.9 Å². The Morgan fingerprint density at radius 2 is 1.64 bits per heavy atom. The minimum absolute atomic E-state index is 0.0478. The van der Waals surface area contributed by atoms with Crippen LogP contribution >= 0.6 is 0 Å². The molecular weight excluding hydrogens is 326 g/mol. The lowest BCUT2D eigenvalue weighted by Crippen LogP contribution is -2.22. The Morgan fingerprint density at radius 1 is 1.00 bits per heavy atom. The Bertz CT molecular complexity index is 667. The zero-order valence-electron chi connectivity index (χ0n) is 15.3. The van der Waals surface area contributed by atoms with Crippen molar-refractivity contribution in [2.45, 2.75) is 56.9 Å². The van der Waals surface area contributed by atoms with Crippen molar-refractivity contribution in [1.82, 2.24) is 4.72 Å². The highest BCUT2D eigenvalue weighted by Gasteiger charge is 2.13. The van der Waals surface area contributed by atoms with Crippen LogP contribution in [-0.2, 0) is 11.0 Å². The molecule has 0 amide bonds. The SMILES string of the molecule is CCCCCC/C(C)=C/[C@H](N[S@@](=O)c1ccccc1)c1ccccc1. The average Bonchev–Trinajstić information content (AvgIpc) is 2.66. The third kappa shape index (κ3) is 6.97. The summed E-state index contributed by atoms with van der Waals surface area (Å²) in [5.74, 6) is 0. The molecule has 3 heteroatoms. The van der Waals surface area contributed by atoms with Gasteiger partial charge in [-0.1, -0.05) is 86.4 Å². The van der Waals surface area contributed by atoms with Crippen molar-refractivity contribution in [1.29, 1.82) is 0 Å². The summed E-state index contributed by atoms with van der Waals surface area (Å²) in [5, 5.41) is 0. The fourth-order valence-electron chi connectivity index (χ4n) is 2.78. The standard InChI is InChI=1S/C22H29NOS/c1-3-4-5-8-13-19(2)18-22(20-14-9-6-10-15-20)23-25(24)21-16-11-7-12-17-21/h6-7,9-12,14-18,22-23H,3-5,8,13H2,1-2H3/b19-18+/t22-,25-/m0/s1. The minimum atomic E-state index is -1.23. The van der Waals surface area contributed by atoms with Gasteiger partial charge in [0.05, 0.1) is 10.9 Å². The zero-order chi connectivity index (χ0) is 17.9. The number of rotatable bonds is 10. The van der Waals surface area contributed by atoms with Crippen LogP contribution in [0, 0.1) is 0 Å². The predicted molar refractivity (Wildman–Crippen MR) is 108 cm³/mol. The van der Waals surface area contributed by atoms with Gasteiger partial charge in [-0.05, 0) is 37.5 Å². The van der Waals surface area contributed by atoms with E-state index >= 15 is 0 Å². The summed E-state index contributed by atoms with van der Waals surface area (Å²) in [6.45, 7) is 4.41. The normalized spacial score (nSPS) is 14.2. The highest BCUT2D eigenvalue weighted by molar-refractivity contribution is 7.83. The van der Waals surface area contributed by atoms with Gasteiger partial charge in [-0.3, -0.25) is 0 Å². The second-order valence-corrected chi connectivity index (χ2v) is 7.66. The Morgan fingerprint density at radius 3 is 2.28 bits per heavy atom. The van der Waals surface area contributed by atoms with E-state index in [0.29, 0.717) is 0 Å². The fourth-order valence-corrected chi connectivity index (χ4v) is 3.76. The molecule has 2 aromatic rings. The summed E-state index contributed by atoms with van der Waals surface area (Å²) in [5.41, 5.74) is 2.49. The molecule has 0 aromatic heterocycles. The van der Waals surface area contributed by atoms with Gasteiger partial charge in [0.2, 0.25) is 0 Å². The van der Waals surface area contributed by atoms with Crippen LogP contribution in [-0.4, -0.2) is 4.21 Å². The van der Waals surface area contributed by atoms with Crippen LogP contribution in [0.4, 0.5) is 0 Å². The molecular formula is C22H29NOS. The van der Waals surface area contributed by atoms with Crippen LogP contribution < -0.4 is 4.72 Å². The lowest BCUT2D eigenvalue weighted by Gasteiger charge is -2.17. The lowest BCUT2D eigenvalue weighted by molar-refractivity contribution is 0.654. The first-order chi connectivity index (χ1) is 12.2. The van der Waals surface area contributed by atoms with Crippen LogP contribution in [0.1, 0.15) is 57.6 Å². The predicted octanol–water partition coefficient (Wildman–Crippen LogP) is 5.96. The van der Waals surface area contributed by atoms with Gasteiger partial charge in [0.25, 0.3) is 0 Å².